The molecule has 32 heavy (non-hydrogen) atoms. The van der Waals surface area contributed by atoms with Crippen LogP contribution in [0.15, 0.2) is 48.7 Å². The van der Waals surface area contributed by atoms with E-state index in [1.54, 1.807) is 19.1 Å². The first-order valence-corrected chi connectivity index (χ1v) is 10.9. The second-order valence-electron chi connectivity index (χ2n) is 7.30. The molecule has 8 heteroatoms. The number of nitrogens with one attached hydrogen (secondary N) is 1. The molecular formula is C24H25ClN2O5. The highest BCUT2D eigenvalue weighted by Crippen LogP contribution is 2.27. The normalized spacial score (nSPS) is 10.8. The number of aryl methyl sites for hydroxylation is 1. The van der Waals surface area contributed by atoms with Crippen LogP contribution in [0.2, 0.25) is 0 Å². The van der Waals surface area contributed by atoms with Crippen molar-refractivity contribution >= 4 is 45.9 Å². The number of halogens is 1. The summed E-state index contributed by atoms with van der Waals surface area (Å²) in [6, 6.07) is 12.3. The molecule has 2 N–H and O–H groups in total. The number of alkyl halides is 1. The van der Waals surface area contributed by atoms with E-state index < -0.39 is 5.91 Å². The van der Waals surface area contributed by atoms with Crippen LogP contribution in [-0.2, 0) is 27.3 Å². The lowest BCUT2D eigenvalue weighted by molar-refractivity contribution is -0.143. The predicted octanol–water partition coefficient (Wildman–Crippen LogP) is 4.29. The first-order valence-electron chi connectivity index (χ1n) is 10.4. The topological polar surface area (TPSA) is 97.6 Å². The Morgan fingerprint density at radius 3 is 2.66 bits per heavy atom. The summed E-state index contributed by atoms with van der Waals surface area (Å²) in [5.41, 5.74) is 2.36. The average molecular weight is 457 g/mol. The molecule has 1 heterocycles. The second-order valence-corrected chi connectivity index (χ2v) is 7.56. The van der Waals surface area contributed by atoms with Gasteiger partial charge in [0.1, 0.15) is 11.6 Å². The quantitative estimate of drug-likeness (QED) is 0.205. The molecule has 3 rings (SSSR count). The molecule has 7 nitrogen and oxygen atoms in total. The molecule has 0 aliphatic carbocycles. The van der Waals surface area contributed by atoms with Gasteiger partial charge < -0.3 is 19.7 Å². The van der Waals surface area contributed by atoms with Crippen molar-refractivity contribution < 1.29 is 24.2 Å². The van der Waals surface area contributed by atoms with Gasteiger partial charge in [0.05, 0.1) is 12.3 Å². The van der Waals surface area contributed by atoms with E-state index in [2.05, 4.69) is 5.32 Å². The number of para-hydroxylation sites is 1. The van der Waals surface area contributed by atoms with Gasteiger partial charge in [0.2, 0.25) is 5.91 Å². The molecule has 0 spiro atoms. The Balaban J connectivity index is 1.76. The number of phenols is 1. The van der Waals surface area contributed by atoms with Crippen molar-refractivity contribution in [3.05, 3.63) is 59.8 Å². The van der Waals surface area contributed by atoms with Gasteiger partial charge >= 0.3 is 5.97 Å². The number of Topliss-reactive ketones (excluding diaryl/α,β-unsaturated/α-hetero) is 1. The van der Waals surface area contributed by atoms with Crippen LogP contribution in [0, 0.1) is 0 Å². The number of aromatic hydroxyl groups is 1. The van der Waals surface area contributed by atoms with Crippen molar-refractivity contribution in [3.8, 4) is 5.75 Å². The molecule has 168 valence electrons. The van der Waals surface area contributed by atoms with Crippen molar-refractivity contribution in [2.24, 2.45) is 0 Å². The Bertz CT molecular complexity index is 1140. The van der Waals surface area contributed by atoms with E-state index in [-0.39, 0.29) is 35.5 Å². The molecule has 0 bridgehead atoms. The van der Waals surface area contributed by atoms with Gasteiger partial charge in [-0.3, -0.25) is 14.4 Å². The number of nitrogens with zero attached hydrogens (tertiary/aromatic N) is 1. The van der Waals surface area contributed by atoms with Crippen molar-refractivity contribution in [1.29, 1.82) is 0 Å². The number of hydrogen-bond acceptors (Lipinski definition) is 5. The molecular weight excluding hydrogens is 432 g/mol. The highest BCUT2D eigenvalue weighted by molar-refractivity contribution is 6.29. The minimum absolute atomic E-state index is 0.0914. The molecule has 2 aromatic carbocycles. The van der Waals surface area contributed by atoms with E-state index in [0.29, 0.717) is 37.1 Å². The van der Waals surface area contributed by atoms with E-state index >= 15 is 0 Å². The van der Waals surface area contributed by atoms with Crippen LogP contribution in [-0.4, -0.2) is 39.8 Å². The molecule has 0 aliphatic heterocycles. The van der Waals surface area contributed by atoms with Gasteiger partial charge in [0.25, 0.3) is 0 Å². The number of esters is 1. The fraction of sp³-hybridized carbons (Fsp3) is 0.292. The monoisotopic (exact) mass is 456 g/mol. The summed E-state index contributed by atoms with van der Waals surface area (Å²) in [4.78, 5) is 36.1. The molecule has 0 aliphatic rings. The van der Waals surface area contributed by atoms with Crippen LogP contribution >= 0.6 is 11.6 Å². The molecule has 0 saturated carbocycles. The highest BCUT2D eigenvalue weighted by atomic mass is 35.5. The molecule has 0 fully saturated rings. The zero-order valence-corrected chi connectivity index (χ0v) is 18.5. The lowest BCUT2D eigenvalue weighted by Crippen LogP contribution is -2.12. The van der Waals surface area contributed by atoms with Gasteiger partial charge in [0.15, 0.2) is 5.78 Å². The van der Waals surface area contributed by atoms with Crippen LogP contribution in [0.1, 0.15) is 35.7 Å². The van der Waals surface area contributed by atoms with Gasteiger partial charge in [-0.05, 0) is 37.1 Å². The summed E-state index contributed by atoms with van der Waals surface area (Å²) in [6.45, 7) is 2.72. The fourth-order valence-electron chi connectivity index (χ4n) is 3.54. The molecule has 0 unspecified atom stereocenters. The van der Waals surface area contributed by atoms with Crippen LogP contribution in [0.3, 0.4) is 0 Å². The zero-order chi connectivity index (χ0) is 23.1. The summed E-state index contributed by atoms with van der Waals surface area (Å²) in [7, 11) is 0. The molecule has 0 saturated heterocycles. The highest BCUT2D eigenvalue weighted by Gasteiger charge is 2.16. The van der Waals surface area contributed by atoms with Crippen LogP contribution in [0.4, 0.5) is 5.69 Å². The third-order valence-corrected chi connectivity index (χ3v) is 5.24. The van der Waals surface area contributed by atoms with E-state index in [4.69, 9.17) is 16.3 Å². The summed E-state index contributed by atoms with van der Waals surface area (Å²) < 4.78 is 6.95. The number of benzene rings is 2. The number of carbonyl (C=O) groups is 3. The molecule has 3 aromatic rings. The number of amides is 1. The number of phenolic OH excluding ortho intramolecular Hbond substituents is 1. The Labute approximate surface area is 190 Å². The number of fused-ring (bicyclic) bond motifs is 1. The van der Waals surface area contributed by atoms with E-state index in [9.17, 15) is 19.5 Å². The van der Waals surface area contributed by atoms with Gasteiger partial charge in [-0.1, -0.05) is 24.3 Å². The number of rotatable bonds is 10. The van der Waals surface area contributed by atoms with E-state index in [0.717, 1.165) is 10.9 Å². The van der Waals surface area contributed by atoms with Crippen LogP contribution in [0.5, 0.6) is 5.75 Å². The summed E-state index contributed by atoms with van der Waals surface area (Å²) in [5.74, 6) is -1.10. The van der Waals surface area contributed by atoms with Crippen molar-refractivity contribution in [1.82, 2.24) is 4.57 Å². The Kier molecular flexibility index (Phi) is 7.89. The minimum atomic E-state index is -0.429. The first-order chi connectivity index (χ1) is 15.4. The molecule has 0 atom stereocenters. The number of ketones is 1. The Hall–Kier alpha value is -3.32. The van der Waals surface area contributed by atoms with Crippen LogP contribution in [0.25, 0.3) is 10.9 Å². The van der Waals surface area contributed by atoms with Gasteiger partial charge in [-0.15, -0.1) is 11.6 Å². The summed E-state index contributed by atoms with van der Waals surface area (Å²) in [6.07, 6.45) is 2.82. The number of aromatic nitrogens is 1. The molecule has 1 amide bonds. The van der Waals surface area contributed by atoms with Crippen molar-refractivity contribution in [2.45, 2.75) is 32.7 Å². The van der Waals surface area contributed by atoms with Crippen molar-refractivity contribution in [2.75, 3.05) is 17.8 Å². The SMILES string of the molecule is CCOC(=O)CCCn1cc(C(=O)Cc2ccc(NC(=O)CCl)c(O)c2)c2ccccc21. The summed E-state index contributed by atoms with van der Waals surface area (Å²) in [5, 5.41) is 13.5. The predicted molar refractivity (Wildman–Crippen MR) is 123 cm³/mol. The van der Waals surface area contributed by atoms with Gasteiger partial charge in [0, 0.05) is 42.0 Å². The molecule has 0 radical (unpaired) electrons. The lowest BCUT2D eigenvalue weighted by Gasteiger charge is -2.08. The van der Waals surface area contributed by atoms with E-state index in [1.807, 2.05) is 35.0 Å². The van der Waals surface area contributed by atoms with E-state index in [1.165, 1.54) is 6.07 Å². The average Bonchev–Trinajstić information content (AvgIpc) is 3.14. The number of hydrogen-bond donors (Lipinski definition) is 2. The zero-order valence-electron chi connectivity index (χ0n) is 17.8. The Morgan fingerprint density at radius 1 is 1.16 bits per heavy atom. The third-order valence-electron chi connectivity index (χ3n) is 5.00. The first kappa shape index (κ1) is 23.3. The van der Waals surface area contributed by atoms with Gasteiger partial charge in [-0.25, -0.2) is 0 Å². The fourth-order valence-corrected chi connectivity index (χ4v) is 3.60. The largest absolute Gasteiger partial charge is 0.506 e. The Morgan fingerprint density at radius 2 is 1.94 bits per heavy atom. The maximum Gasteiger partial charge on any atom is 0.305 e. The maximum absolute atomic E-state index is 13.1. The lowest BCUT2D eigenvalue weighted by atomic mass is 10.0. The van der Waals surface area contributed by atoms with Crippen LogP contribution < -0.4 is 5.32 Å². The second kappa shape index (κ2) is 10.8. The molecule has 1 aromatic heterocycles. The van der Waals surface area contributed by atoms with Gasteiger partial charge in [-0.2, -0.15) is 0 Å². The standard InChI is InChI=1S/C24H25ClN2O5/c1-2-32-24(31)8-5-11-27-15-18(17-6-3-4-7-20(17)27)21(28)12-16-9-10-19(22(29)13-16)26-23(30)14-25/h3-4,6-7,9-10,13,15,29H,2,5,8,11-12,14H2,1H3,(H,26,30). The number of carbonyl (C=O) groups excluding carboxylic acids is 3. The third kappa shape index (κ3) is 5.68. The smallest absolute Gasteiger partial charge is 0.305 e. The summed E-state index contributed by atoms with van der Waals surface area (Å²) >= 11 is 5.47. The number of anilines is 1. The van der Waals surface area contributed by atoms with Crippen molar-refractivity contribution in [3.63, 3.8) is 0 Å². The minimum Gasteiger partial charge on any atom is -0.506 e. The maximum atomic E-state index is 13.1. The number of ether oxygens (including phenoxy) is 1.